The number of aryl methyl sites for hydroxylation is 1. The fourth-order valence-electron chi connectivity index (χ4n) is 2.89. The zero-order valence-electron chi connectivity index (χ0n) is 15.3. The molecule has 0 unspecified atom stereocenters. The maximum Gasteiger partial charge on any atom is 0.165 e. The Kier molecular flexibility index (Phi) is 5.61. The van der Waals surface area contributed by atoms with Crippen molar-refractivity contribution >= 4 is 29.4 Å². The molecule has 1 fully saturated rings. The second-order valence-corrected chi connectivity index (χ2v) is 7.52. The van der Waals surface area contributed by atoms with E-state index in [0.717, 1.165) is 47.7 Å². The van der Waals surface area contributed by atoms with E-state index in [-0.39, 0.29) is 0 Å². The smallest absolute Gasteiger partial charge is 0.165 e. The number of ether oxygens (including phenoxy) is 1. The van der Waals surface area contributed by atoms with E-state index in [1.807, 2.05) is 24.3 Å². The fraction of sp³-hybridized carbons (Fsp3) is 0.227. The molecule has 2 heterocycles. The molecule has 4 rings (SSSR count). The zero-order valence-corrected chi connectivity index (χ0v) is 16.1. The first-order chi connectivity index (χ1) is 13.3. The van der Waals surface area contributed by atoms with E-state index >= 15 is 0 Å². The van der Waals surface area contributed by atoms with Crippen LogP contribution in [0.15, 0.2) is 80.1 Å². The van der Waals surface area contributed by atoms with Gasteiger partial charge in [-0.05, 0) is 55.5 Å². The minimum absolute atomic E-state index is 0.752. The monoisotopic (exact) mass is 378 g/mol. The number of aliphatic imine (C=N–C) groups is 1. The van der Waals surface area contributed by atoms with Crippen LogP contribution in [0.1, 0.15) is 11.3 Å². The summed E-state index contributed by atoms with van der Waals surface area (Å²) in [6.07, 6.45) is 1.77. The van der Waals surface area contributed by atoms with Crippen molar-refractivity contribution in [3.8, 4) is 0 Å². The molecule has 1 saturated heterocycles. The van der Waals surface area contributed by atoms with E-state index < -0.39 is 0 Å². The van der Waals surface area contributed by atoms with Gasteiger partial charge >= 0.3 is 0 Å². The molecule has 4 nitrogen and oxygen atoms in total. The van der Waals surface area contributed by atoms with Gasteiger partial charge in [-0.15, -0.1) is 0 Å². The van der Waals surface area contributed by atoms with Gasteiger partial charge < -0.3 is 14.1 Å². The van der Waals surface area contributed by atoms with Crippen LogP contribution in [0.3, 0.4) is 0 Å². The lowest BCUT2D eigenvalue weighted by Gasteiger charge is -2.28. The van der Waals surface area contributed by atoms with Gasteiger partial charge in [-0.3, -0.25) is 4.99 Å². The van der Waals surface area contributed by atoms with Crippen molar-refractivity contribution in [1.29, 1.82) is 0 Å². The van der Waals surface area contributed by atoms with Crippen LogP contribution in [0.5, 0.6) is 0 Å². The molecule has 0 aliphatic carbocycles. The molecule has 1 aliphatic rings. The van der Waals surface area contributed by atoms with Crippen molar-refractivity contribution in [3.05, 3.63) is 72.0 Å². The summed E-state index contributed by atoms with van der Waals surface area (Å²) < 4.78 is 11.2. The summed E-state index contributed by atoms with van der Waals surface area (Å²) in [5.74, 6) is 0.752. The maximum atomic E-state index is 5.85. The highest BCUT2D eigenvalue weighted by atomic mass is 32.2. The SMILES string of the molecule is Cc1ccc(Sc2ccc(C=Nc3ccc(N4CCOCC4)cc3)o2)cc1. The molecular weight excluding hydrogens is 356 g/mol. The predicted octanol–water partition coefficient (Wildman–Crippen LogP) is 5.33. The van der Waals surface area contributed by atoms with Gasteiger partial charge in [-0.2, -0.15) is 0 Å². The Balaban J connectivity index is 1.38. The number of morpholine rings is 1. The van der Waals surface area contributed by atoms with Gasteiger partial charge in [0, 0.05) is 23.7 Å². The first kappa shape index (κ1) is 17.9. The maximum absolute atomic E-state index is 5.85. The van der Waals surface area contributed by atoms with E-state index in [9.17, 15) is 0 Å². The molecule has 138 valence electrons. The van der Waals surface area contributed by atoms with Crippen LogP contribution in [0, 0.1) is 6.92 Å². The normalized spacial score (nSPS) is 14.8. The first-order valence-corrected chi connectivity index (χ1v) is 9.89. The van der Waals surface area contributed by atoms with Crippen LogP contribution in [0.2, 0.25) is 0 Å². The van der Waals surface area contributed by atoms with Crippen LogP contribution in [0.4, 0.5) is 11.4 Å². The Labute approximate surface area is 163 Å². The lowest BCUT2D eigenvalue weighted by Crippen LogP contribution is -2.36. The molecule has 5 heteroatoms. The number of benzene rings is 2. The minimum Gasteiger partial charge on any atom is -0.449 e. The van der Waals surface area contributed by atoms with Crippen LogP contribution in [-0.4, -0.2) is 32.5 Å². The van der Waals surface area contributed by atoms with E-state index in [1.165, 1.54) is 11.3 Å². The number of nitrogens with zero attached hydrogens (tertiary/aromatic N) is 2. The molecule has 0 amide bonds. The van der Waals surface area contributed by atoms with Crippen LogP contribution < -0.4 is 4.90 Å². The average molecular weight is 378 g/mol. The molecule has 0 spiro atoms. The summed E-state index contributed by atoms with van der Waals surface area (Å²) in [6, 6.07) is 20.6. The number of rotatable bonds is 5. The molecule has 0 radical (unpaired) electrons. The first-order valence-electron chi connectivity index (χ1n) is 9.07. The van der Waals surface area contributed by atoms with Crippen LogP contribution >= 0.6 is 11.8 Å². The summed E-state index contributed by atoms with van der Waals surface area (Å²) in [4.78, 5) is 8.02. The Bertz CT molecular complexity index is 895. The largest absolute Gasteiger partial charge is 0.449 e. The van der Waals surface area contributed by atoms with Gasteiger partial charge in [0.15, 0.2) is 5.09 Å². The molecular formula is C22H22N2O2S. The highest BCUT2D eigenvalue weighted by molar-refractivity contribution is 7.99. The molecule has 0 atom stereocenters. The summed E-state index contributed by atoms with van der Waals surface area (Å²) >= 11 is 1.61. The molecule has 3 aromatic rings. The molecule has 0 saturated carbocycles. The van der Waals surface area contributed by atoms with E-state index in [1.54, 1.807) is 18.0 Å². The van der Waals surface area contributed by atoms with E-state index in [2.05, 4.69) is 53.2 Å². The molecule has 2 aromatic carbocycles. The highest BCUT2D eigenvalue weighted by Crippen LogP contribution is 2.29. The van der Waals surface area contributed by atoms with Crippen molar-refractivity contribution in [2.75, 3.05) is 31.2 Å². The summed E-state index contributed by atoms with van der Waals surface area (Å²) in [6.45, 7) is 5.55. The molecule has 0 bridgehead atoms. The Hall–Kier alpha value is -2.50. The number of anilines is 1. The van der Waals surface area contributed by atoms with E-state index in [0.29, 0.717) is 0 Å². The highest BCUT2D eigenvalue weighted by Gasteiger charge is 2.10. The van der Waals surface area contributed by atoms with Crippen molar-refractivity contribution in [2.24, 2.45) is 4.99 Å². The summed E-state index contributed by atoms with van der Waals surface area (Å²) in [5, 5.41) is 0.864. The number of furan rings is 1. The van der Waals surface area contributed by atoms with Gasteiger partial charge in [0.2, 0.25) is 0 Å². The summed E-state index contributed by atoms with van der Waals surface area (Å²) in [7, 11) is 0. The zero-order chi connectivity index (χ0) is 18.5. The van der Waals surface area contributed by atoms with E-state index in [4.69, 9.17) is 9.15 Å². The van der Waals surface area contributed by atoms with Crippen LogP contribution in [0.25, 0.3) is 0 Å². The predicted molar refractivity (Wildman–Crippen MR) is 111 cm³/mol. The van der Waals surface area contributed by atoms with Crippen molar-refractivity contribution in [2.45, 2.75) is 16.9 Å². The van der Waals surface area contributed by atoms with Gasteiger partial charge in [-0.1, -0.05) is 29.5 Å². The molecule has 0 N–H and O–H groups in total. The van der Waals surface area contributed by atoms with Gasteiger partial charge in [0.25, 0.3) is 0 Å². The molecule has 1 aromatic heterocycles. The minimum atomic E-state index is 0.752. The summed E-state index contributed by atoms with van der Waals surface area (Å²) in [5.41, 5.74) is 3.38. The van der Waals surface area contributed by atoms with Gasteiger partial charge in [0.05, 0.1) is 25.1 Å². The topological polar surface area (TPSA) is 38.0 Å². The average Bonchev–Trinajstić information content (AvgIpc) is 3.17. The Morgan fingerprint density at radius 2 is 1.67 bits per heavy atom. The third-order valence-corrected chi connectivity index (χ3v) is 5.34. The Morgan fingerprint density at radius 1 is 0.926 bits per heavy atom. The second-order valence-electron chi connectivity index (χ2n) is 6.45. The number of hydrogen-bond donors (Lipinski definition) is 0. The van der Waals surface area contributed by atoms with Gasteiger partial charge in [-0.25, -0.2) is 0 Å². The standard InChI is InChI=1S/C22H22N2O2S/c1-17-2-9-21(10-3-17)27-22-11-8-20(26-22)16-23-18-4-6-19(7-5-18)24-12-14-25-15-13-24/h2-11,16H,12-15H2,1H3. The quantitative estimate of drug-likeness (QED) is 0.563. The van der Waals surface area contributed by atoms with Crippen molar-refractivity contribution in [1.82, 2.24) is 0 Å². The third-order valence-electron chi connectivity index (χ3n) is 4.41. The van der Waals surface area contributed by atoms with Crippen molar-refractivity contribution in [3.63, 3.8) is 0 Å². The van der Waals surface area contributed by atoms with Crippen molar-refractivity contribution < 1.29 is 9.15 Å². The Morgan fingerprint density at radius 3 is 2.41 bits per heavy atom. The molecule has 1 aliphatic heterocycles. The molecule has 27 heavy (non-hydrogen) atoms. The number of hydrogen-bond acceptors (Lipinski definition) is 5. The lowest BCUT2D eigenvalue weighted by molar-refractivity contribution is 0.122. The fourth-order valence-corrected chi connectivity index (χ4v) is 3.67. The van der Waals surface area contributed by atoms with Crippen LogP contribution in [-0.2, 0) is 4.74 Å². The van der Waals surface area contributed by atoms with Gasteiger partial charge in [0.1, 0.15) is 5.76 Å². The second kappa shape index (κ2) is 8.46. The lowest BCUT2D eigenvalue weighted by atomic mass is 10.2. The third kappa shape index (κ3) is 4.81.